The lowest BCUT2D eigenvalue weighted by atomic mass is 10.2. The van der Waals surface area contributed by atoms with Crippen molar-refractivity contribution in [2.24, 2.45) is 0 Å². The Labute approximate surface area is 121 Å². The number of carboxylic acids is 1. The van der Waals surface area contributed by atoms with E-state index in [2.05, 4.69) is 15.0 Å². The van der Waals surface area contributed by atoms with Crippen molar-refractivity contribution in [1.82, 2.24) is 19.7 Å². The first-order chi connectivity index (χ1) is 9.88. The molecule has 1 aromatic heterocycles. The minimum absolute atomic E-state index is 0.0592. The summed E-state index contributed by atoms with van der Waals surface area (Å²) in [6, 6.07) is 6.62. The van der Waals surface area contributed by atoms with Crippen LogP contribution in [0.1, 0.15) is 11.3 Å². The molecule has 0 radical (unpaired) electrons. The van der Waals surface area contributed by atoms with Gasteiger partial charge in [0.25, 0.3) is 0 Å². The highest BCUT2D eigenvalue weighted by atomic mass is 32.2. The van der Waals surface area contributed by atoms with Crippen LogP contribution in [0.15, 0.2) is 35.4 Å². The first-order valence-corrected chi connectivity index (χ1v) is 7.53. The molecule has 112 valence electrons. The summed E-state index contributed by atoms with van der Waals surface area (Å²) in [5.41, 5.74) is 0.980. The van der Waals surface area contributed by atoms with Gasteiger partial charge in [0.05, 0.1) is 23.3 Å². The summed E-state index contributed by atoms with van der Waals surface area (Å²) < 4.78 is 27.8. The van der Waals surface area contributed by atoms with Crippen molar-refractivity contribution in [3.63, 3.8) is 0 Å². The molecule has 1 aromatic carbocycles. The van der Waals surface area contributed by atoms with Gasteiger partial charge in [0.15, 0.2) is 0 Å². The molecule has 8 nitrogen and oxygen atoms in total. The van der Waals surface area contributed by atoms with Gasteiger partial charge in [-0.2, -0.15) is 0 Å². The number of aryl methyl sites for hydroxylation is 1. The van der Waals surface area contributed by atoms with E-state index in [0.29, 0.717) is 11.3 Å². The minimum atomic E-state index is -3.65. The lowest BCUT2D eigenvalue weighted by Gasteiger charge is -2.07. The van der Waals surface area contributed by atoms with Gasteiger partial charge in [-0.3, -0.25) is 4.79 Å². The van der Waals surface area contributed by atoms with Crippen LogP contribution >= 0.6 is 0 Å². The van der Waals surface area contributed by atoms with Crippen molar-refractivity contribution < 1.29 is 18.3 Å². The molecule has 0 fully saturated rings. The molecule has 0 saturated carbocycles. The molecular weight excluding hydrogens is 296 g/mol. The number of nitrogens with zero attached hydrogens (tertiary/aromatic N) is 3. The summed E-state index contributed by atoms with van der Waals surface area (Å²) in [5, 5.41) is 15.9. The van der Waals surface area contributed by atoms with E-state index in [0.717, 1.165) is 4.68 Å². The summed E-state index contributed by atoms with van der Waals surface area (Å²) >= 11 is 0. The summed E-state index contributed by atoms with van der Waals surface area (Å²) in [7, 11) is -3.65. The van der Waals surface area contributed by atoms with Gasteiger partial charge >= 0.3 is 5.97 Å². The van der Waals surface area contributed by atoms with Crippen LogP contribution in [0, 0.1) is 6.92 Å². The number of nitrogens with one attached hydrogen (secondary N) is 1. The van der Waals surface area contributed by atoms with E-state index in [1.54, 1.807) is 25.1 Å². The van der Waals surface area contributed by atoms with Crippen LogP contribution < -0.4 is 4.72 Å². The largest absolute Gasteiger partial charge is 0.480 e. The van der Waals surface area contributed by atoms with Gasteiger partial charge in [-0.25, -0.2) is 17.8 Å². The summed E-state index contributed by atoms with van der Waals surface area (Å²) in [6.07, 6.45) is 1.38. The average Bonchev–Trinajstić information content (AvgIpc) is 2.84. The molecule has 0 aliphatic heterocycles. The fourth-order valence-corrected chi connectivity index (χ4v) is 2.98. The van der Waals surface area contributed by atoms with Gasteiger partial charge in [0.1, 0.15) is 6.54 Å². The SMILES string of the molecule is Cc1ccccc1S(=O)(=O)NCc1cn(CC(=O)O)nn1. The van der Waals surface area contributed by atoms with E-state index in [4.69, 9.17) is 5.11 Å². The van der Waals surface area contributed by atoms with Gasteiger partial charge in [0.2, 0.25) is 10.0 Å². The zero-order chi connectivity index (χ0) is 15.5. The number of carboxylic acid groups (broad SMARTS) is 1. The van der Waals surface area contributed by atoms with Crippen LogP contribution in [0.4, 0.5) is 0 Å². The van der Waals surface area contributed by atoms with Crippen molar-refractivity contribution in [3.8, 4) is 0 Å². The number of sulfonamides is 1. The fraction of sp³-hybridized carbons (Fsp3) is 0.250. The molecule has 0 atom stereocenters. The lowest BCUT2D eigenvalue weighted by molar-refractivity contribution is -0.137. The summed E-state index contributed by atoms with van der Waals surface area (Å²) in [4.78, 5) is 10.7. The number of aromatic nitrogens is 3. The molecule has 0 spiro atoms. The van der Waals surface area contributed by atoms with Gasteiger partial charge in [0, 0.05) is 0 Å². The van der Waals surface area contributed by atoms with Gasteiger partial charge in [-0.1, -0.05) is 23.4 Å². The smallest absolute Gasteiger partial charge is 0.325 e. The lowest BCUT2D eigenvalue weighted by Crippen LogP contribution is -2.24. The van der Waals surface area contributed by atoms with E-state index in [1.165, 1.54) is 12.3 Å². The Hall–Kier alpha value is -2.26. The van der Waals surface area contributed by atoms with Crippen LogP contribution in [0.25, 0.3) is 0 Å². The molecule has 0 aliphatic carbocycles. The molecular formula is C12H14N4O4S. The fourth-order valence-electron chi connectivity index (χ4n) is 1.74. The standard InChI is InChI=1S/C12H14N4O4S/c1-9-4-2-3-5-11(9)21(19,20)13-6-10-7-16(15-14-10)8-12(17)18/h2-5,7,13H,6,8H2,1H3,(H,17,18). The Morgan fingerprint density at radius 2 is 2.10 bits per heavy atom. The summed E-state index contributed by atoms with van der Waals surface area (Å²) in [5.74, 6) is -1.05. The zero-order valence-electron chi connectivity index (χ0n) is 11.2. The highest BCUT2D eigenvalue weighted by Gasteiger charge is 2.16. The number of benzene rings is 1. The minimum Gasteiger partial charge on any atom is -0.480 e. The highest BCUT2D eigenvalue weighted by molar-refractivity contribution is 7.89. The van der Waals surface area contributed by atoms with Crippen LogP contribution in [0.2, 0.25) is 0 Å². The third kappa shape index (κ3) is 3.86. The molecule has 9 heteroatoms. The first-order valence-electron chi connectivity index (χ1n) is 6.04. The van der Waals surface area contributed by atoms with Crippen molar-refractivity contribution in [1.29, 1.82) is 0 Å². The maximum absolute atomic E-state index is 12.2. The number of rotatable bonds is 6. The normalized spacial score (nSPS) is 11.5. The average molecular weight is 310 g/mol. The number of aliphatic carboxylic acids is 1. The van der Waals surface area contributed by atoms with Crippen molar-refractivity contribution in [3.05, 3.63) is 41.7 Å². The molecule has 2 aromatic rings. The second-order valence-electron chi connectivity index (χ2n) is 4.39. The van der Waals surface area contributed by atoms with E-state index >= 15 is 0 Å². The van der Waals surface area contributed by atoms with E-state index in [1.807, 2.05) is 0 Å². The monoisotopic (exact) mass is 310 g/mol. The van der Waals surface area contributed by atoms with Crippen LogP contribution in [0.3, 0.4) is 0 Å². The maximum atomic E-state index is 12.2. The van der Waals surface area contributed by atoms with Crippen molar-refractivity contribution >= 4 is 16.0 Å². The third-order valence-corrected chi connectivity index (χ3v) is 4.27. The Bertz CT molecular complexity index is 754. The van der Waals surface area contributed by atoms with Crippen molar-refractivity contribution in [2.75, 3.05) is 0 Å². The second kappa shape index (κ2) is 6.02. The topological polar surface area (TPSA) is 114 Å². The Morgan fingerprint density at radius 3 is 2.76 bits per heavy atom. The highest BCUT2D eigenvalue weighted by Crippen LogP contribution is 2.13. The van der Waals surface area contributed by atoms with E-state index in [-0.39, 0.29) is 18.0 Å². The molecule has 0 unspecified atom stereocenters. The Kier molecular flexibility index (Phi) is 4.34. The number of hydrogen-bond acceptors (Lipinski definition) is 5. The Balaban J connectivity index is 2.07. The molecule has 21 heavy (non-hydrogen) atoms. The summed E-state index contributed by atoms with van der Waals surface area (Å²) in [6.45, 7) is 1.32. The predicted molar refractivity (Wildman–Crippen MR) is 72.9 cm³/mol. The van der Waals surface area contributed by atoms with Gasteiger partial charge < -0.3 is 5.11 Å². The number of carbonyl (C=O) groups is 1. The molecule has 0 amide bonds. The Morgan fingerprint density at radius 1 is 1.38 bits per heavy atom. The molecule has 2 rings (SSSR count). The van der Waals surface area contributed by atoms with E-state index < -0.39 is 16.0 Å². The van der Waals surface area contributed by atoms with Crippen LogP contribution in [-0.2, 0) is 27.9 Å². The molecule has 2 N–H and O–H groups in total. The third-order valence-electron chi connectivity index (χ3n) is 2.71. The van der Waals surface area contributed by atoms with Crippen LogP contribution in [-0.4, -0.2) is 34.5 Å². The van der Waals surface area contributed by atoms with Crippen LogP contribution in [0.5, 0.6) is 0 Å². The van der Waals surface area contributed by atoms with Gasteiger partial charge in [-0.15, -0.1) is 5.10 Å². The van der Waals surface area contributed by atoms with E-state index in [9.17, 15) is 13.2 Å². The quantitative estimate of drug-likeness (QED) is 0.785. The first kappa shape index (κ1) is 15.1. The molecule has 0 saturated heterocycles. The molecule has 1 heterocycles. The maximum Gasteiger partial charge on any atom is 0.325 e. The predicted octanol–water partition coefficient (Wildman–Crippen LogP) is 0.150. The van der Waals surface area contributed by atoms with Gasteiger partial charge in [-0.05, 0) is 18.6 Å². The number of hydrogen-bond donors (Lipinski definition) is 2. The zero-order valence-corrected chi connectivity index (χ0v) is 12.0. The molecule has 0 bridgehead atoms. The second-order valence-corrected chi connectivity index (χ2v) is 6.13. The van der Waals surface area contributed by atoms with Crippen molar-refractivity contribution in [2.45, 2.75) is 24.9 Å². The molecule has 0 aliphatic rings.